The maximum Gasteiger partial charge on any atom is 0.200 e. The predicted molar refractivity (Wildman–Crippen MR) is 72.2 cm³/mol. The maximum absolute atomic E-state index is 11.9. The van der Waals surface area contributed by atoms with Crippen LogP contribution in [0.5, 0.6) is 5.75 Å². The lowest BCUT2D eigenvalue weighted by molar-refractivity contribution is 0.0921. The first-order chi connectivity index (χ1) is 8.66. The molecule has 0 aliphatic heterocycles. The Morgan fingerprint density at radius 3 is 2.33 bits per heavy atom. The molecule has 2 heteroatoms. The number of rotatable bonds is 4. The van der Waals surface area contributed by atoms with Crippen LogP contribution < -0.4 is 4.74 Å². The van der Waals surface area contributed by atoms with E-state index in [2.05, 4.69) is 0 Å². The average Bonchev–Trinajstić information content (AvgIpc) is 2.38. The quantitative estimate of drug-likeness (QED) is 0.764. The van der Waals surface area contributed by atoms with Gasteiger partial charge in [0.2, 0.25) is 0 Å². The van der Waals surface area contributed by atoms with Gasteiger partial charge in [-0.25, -0.2) is 0 Å². The Hall–Kier alpha value is -2.09. The van der Waals surface area contributed by atoms with E-state index in [0.29, 0.717) is 5.56 Å². The van der Waals surface area contributed by atoms with Crippen molar-refractivity contribution in [3.05, 3.63) is 65.2 Å². The topological polar surface area (TPSA) is 26.3 Å². The van der Waals surface area contributed by atoms with Crippen molar-refractivity contribution < 1.29 is 9.53 Å². The molecule has 0 bridgehead atoms. The lowest BCUT2D eigenvalue weighted by Gasteiger charge is -2.08. The third-order valence-corrected chi connectivity index (χ3v) is 2.83. The molecular formula is C16H16O2. The van der Waals surface area contributed by atoms with Crippen LogP contribution in [0.4, 0.5) is 0 Å². The molecular weight excluding hydrogens is 224 g/mol. The average molecular weight is 240 g/mol. The molecule has 0 heterocycles. The summed E-state index contributed by atoms with van der Waals surface area (Å²) in [6.07, 6.45) is 0. The Morgan fingerprint density at radius 2 is 1.67 bits per heavy atom. The summed E-state index contributed by atoms with van der Waals surface area (Å²) in [6.45, 7) is 4.04. The molecule has 0 amide bonds. The van der Waals surface area contributed by atoms with Gasteiger partial charge >= 0.3 is 0 Å². The fraction of sp³-hybridized carbons (Fsp3) is 0.188. The SMILES string of the molecule is Cc1ccc(C(=O)COc2ccccc2C)cc1. The van der Waals surface area contributed by atoms with Crippen molar-refractivity contribution in [2.24, 2.45) is 0 Å². The molecule has 0 aliphatic carbocycles. The van der Waals surface area contributed by atoms with Gasteiger partial charge < -0.3 is 4.74 Å². The van der Waals surface area contributed by atoms with E-state index in [1.54, 1.807) is 0 Å². The third-order valence-electron chi connectivity index (χ3n) is 2.83. The van der Waals surface area contributed by atoms with E-state index in [1.807, 2.05) is 62.4 Å². The van der Waals surface area contributed by atoms with E-state index < -0.39 is 0 Å². The molecule has 0 atom stereocenters. The number of ether oxygens (including phenoxy) is 1. The number of aryl methyl sites for hydroxylation is 2. The number of carbonyl (C=O) groups is 1. The van der Waals surface area contributed by atoms with Gasteiger partial charge in [-0.05, 0) is 25.5 Å². The molecule has 2 nitrogen and oxygen atoms in total. The second kappa shape index (κ2) is 5.50. The fourth-order valence-electron chi connectivity index (χ4n) is 1.68. The number of benzene rings is 2. The molecule has 0 radical (unpaired) electrons. The van der Waals surface area contributed by atoms with Gasteiger partial charge in [-0.3, -0.25) is 4.79 Å². The second-order valence-electron chi connectivity index (χ2n) is 4.34. The van der Waals surface area contributed by atoms with E-state index in [4.69, 9.17) is 4.74 Å². The van der Waals surface area contributed by atoms with E-state index >= 15 is 0 Å². The Balaban J connectivity index is 2.01. The summed E-state index contributed by atoms with van der Waals surface area (Å²) < 4.78 is 5.53. The Morgan fingerprint density at radius 1 is 1.00 bits per heavy atom. The van der Waals surface area contributed by atoms with E-state index in [0.717, 1.165) is 16.9 Å². The third kappa shape index (κ3) is 2.98. The fourth-order valence-corrected chi connectivity index (χ4v) is 1.68. The molecule has 0 N–H and O–H groups in total. The Labute approximate surface area is 107 Å². The molecule has 0 saturated carbocycles. The summed E-state index contributed by atoms with van der Waals surface area (Å²) >= 11 is 0. The molecule has 0 fully saturated rings. The number of carbonyl (C=O) groups excluding carboxylic acids is 1. The van der Waals surface area contributed by atoms with E-state index in [-0.39, 0.29) is 12.4 Å². The number of ketones is 1. The van der Waals surface area contributed by atoms with Crippen LogP contribution in [0.2, 0.25) is 0 Å². The zero-order chi connectivity index (χ0) is 13.0. The minimum atomic E-state index is -0.00162. The highest BCUT2D eigenvalue weighted by Crippen LogP contribution is 2.16. The smallest absolute Gasteiger partial charge is 0.200 e. The molecule has 18 heavy (non-hydrogen) atoms. The first kappa shape index (κ1) is 12.4. The van der Waals surface area contributed by atoms with Crippen LogP contribution in [-0.4, -0.2) is 12.4 Å². The summed E-state index contributed by atoms with van der Waals surface area (Å²) in [4.78, 5) is 11.9. The number of hydrogen-bond donors (Lipinski definition) is 0. The number of Topliss-reactive ketones (excluding diaryl/α,β-unsaturated/α-hetero) is 1. The van der Waals surface area contributed by atoms with Gasteiger partial charge in [0.1, 0.15) is 5.75 Å². The van der Waals surface area contributed by atoms with Crippen LogP contribution in [0.1, 0.15) is 21.5 Å². The van der Waals surface area contributed by atoms with Crippen molar-refractivity contribution in [2.75, 3.05) is 6.61 Å². The Kier molecular flexibility index (Phi) is 3.78. The van der Waals surface area contributed by atoms with Crippen molar-refractivity contribution in [2.45, 2.75) is 13.8 Å². The van der Waals surface area contributed by atoms with E-state index in [1.165, 1.54) is 0 Å². The number of hydrogen-bond acceptors (Lipinski definition) is 2. The van der Waals surface area contributed by atoms with Gasteiger partial charge in [0.25, 0.3) is 0 Å². The monoisotopic (exact) mass is 240 g/mol. The van der Waals surface area contributed by atoms with Crippen molar-refractivity contribution in [3.63, 3.8) is 0 Å². The number of para-hydroxylation sites is 1. The highest BCUT2D eigenvalue weighted by molar-refractivity contribution is 5.97. The maximum atomic E-state index is 11.9. The summed E-state index contributed by atoms with van der Waals surface area (Å²) in [6, 6.07) is 15.2. The highest BCUT2D eigenvalue weighted by Gasteiger charge is 2.07. The lowest BCUT2D eigenvalue weighted by Crippen LogP contribution is -2.11. The van der Waals surface area contributed by atoms with Crippen LogP contribution >= 0.6 is 0 Å². The minimum absolute atomic E-state index is 0.00162. The largest absolute Gasteiger partial charge is 0.485 e. The first-order valence-corrected chi connectivity index (χ1v) is 5.95. The molecule has 0 spiro atoms. The highest BCUT2D eigenvalue weighted by atomic mass is 16.5. The van der Waals surface area contributed by atoms with Crippen molar-refractivity contribution in [1.29, 1.82) is 0 Å². The summed E-state index contributed by atoms with van der Waals surface area (Å²) in [7, 11) is 0. The van der Waals surface area contributed by atoms with Gasteiger partial charge in [0.15, 0.2) is 12.4 Å². The predicted octanol–water partition coefficient (Wildman–Crippen LogP) is 3.57. The van der Waals surface area contributed by atoms with Crippen molar-refractivity contribution >= 4 is 5.78 Å². The Bertz CT molecular complexity index is 541. The molecule has 92 valence electrons. The van der Waals surface area contributed by atoms with Gasteiger partial charge in [0.05, 0.1) is 0 Å². The molecule has 0 aliphatic rings. The molecule has 2 aromatic carbocycles. The molecule has 0 saturated heterocycles. The van der Waals surface area contributed by atoms with E-state index in [9.17, 15) is 4.79 Å². The summed E-state index contributed by atoms with van der Waals surface area (Å²) in [5.41, 5.74) is 2.87. The van der Waals surface area contributed by atoms with Gasteiger partial charge in [-0.1, -0.05) is 48.0 Å². The molecule has 2 aromatic rings. The summed E-state index contributed by atoms with van der Waals surface area (Å²) in [5.74, 6) is 0.760. The standard InChI is InChI=1S/C16H16O2/c1-12-7-9-14(10-8-12)15(17)11-18-16-6-4-3-5-13(16)2/h3-10H,11H2,1-2H3. The second-order valence-corrected chi connectivity index (χ2v) is 4.34. The molecule has 2 rings (SSSR count). The van der Waals surface area contributed by atoms with Gasteiger partial charge in [-0.2, -0.15) is 0 Å². The van der Waals surface area contributed by atoms with Crippen LogP contribution in [0.3, 0.4) is 0 Å². The van der Waals surface area contributed by atoms with Crippen molar-refractivity contribution in [1.82, 2.24) is 0 Å². The van der Waals surface area contributed by atoms with Crippen molar-refractivity contribution in [3.8, 4) is 5.75 Å². The van der Waals surface area contributed by atoms with Crippen LogP contribution in [-0.2, 0) is 0 Å². The minimum Gasteiger partial charge on any atom is -0.485 e. The normalized spacial score (nSPS) is 10.1. The zero-order valence-electron chi connectivity index (χ0n) is 10.6. The van der Waals surface area contributed by atoms with Crippen LogP contribution in [0.15, 0.2) is 48.5 Å². The van der Waals surface area contributed by atoms with Gasteiger partial charge in [-0.15, -0.1) is 0 Å². The van der Waals surface area contributed by atoms with Gasteiger partial charge in [0, 0.05) is 5.56 Å². The van der Waals surface area contributed by atoms with Crippen LogP contribution in [0.25, 0.3) is 0 Å². The molecule has 0 unspecified atom stereocenters. The van der Waals surface area contributed by atoms with Crippen LogP contribution in [0, 0.1) is 13.8 Å². The lowest BCUT2D eigenvalue weighted by atomic mass is 10.1. The zero-order valence-corrected chi connectivity index (χ0v) is 10.6. The molecule has 0 aromatic heterocycles. The first-order valence-electron chi connectivity index (χ1n) is 5.95. The summed E-state index contributed by atoms with van der Waals surface area (Å²) in [5, 5.41) is 0.